The molecule has 0 atom stereocenters. The average molecular weight is 320 g/mol. The molecule has 1 fully saturated rings. The number of pyridine rings is 1. The van der Waals surface area contributed by atoms with Crippen molar-refractivity contribution in [2.75, 3.05) is 5.32 Å². The number of hydrogen-bond donors (Lipinski definition) is 1. The molecule has 0 saturated heterocycles. The molecule has 23 heavy (non-hydrogen) atoms. The van der Waals surface area contributed by atoms with Crippen molar-refractivity contribution in [3.8, 4) is 11.1 Å². The zero-order valence-corrected chi connectivity index (χ0v) is 12.7. The van der Waals surface area contributed by atoms with E-state index < -0.39 is 11.9 Å². The Bertz CT molecular complexity index is 647. The Hall–Kier alpha value is -2.04. The fourth-order valence-corrected chi connectivity index (χ4v) is 3.00. The van der Waals surface area contributed by atoms with Crippen molar-refractivity contribution < 1.29 is 13.2 Å². The number of nitrogens with zero attached hydrogens (tertiary/aromatic N) is 1. The molecule has 1 N–H and O–H groups in total. The van der Waals surface area contributed by atoms with Gasteiger partial charge in [-0.25, -0.2) is 4.98 Å². The highest BCUT2D eigenvalue weighted by molar-refractivity contribution is 5.67. The van der Waals surface area contributed by atoms with Gasteiger partial charge in [0, 0.05) is 6.04 Å². The Morgan fingerprint density at radius 2 is 1.61 bits per heavy atom. The quantitative estimate of drug-likeness (QED) is 0.806. The van der Waals surface area contributed by atoms with Crippen LogP contribution >= 0.6 is 0 Å². The van der Waals surface area contributed by atoms with Crippen LogP contribution < -0.4 is 5.32 Å². The summed E-state index contributed by atoms with van der Waals surface area (Å²) >= 11 is 0. The van der Waals surface area contributed by atoms with Gasteiger partial charge in [-0.15, -0.1) is 0 Å². The molecule has 2 aromatic rings. The summed E-state index contributed by atoms with van der Waals surface area (Å²) < 4.78 is 39.5. The van der Waals surface area contributed by atoms with Gasteiger partial charge in [0.25, 0.3) is 0 Å². The van der Waals surface area contributed by atoms with Gasteiger partial charge in [-0.3, -0.25) is 0 Å². The summed E-state index contributed by atoms with van der Waals surface area (Å²) in [6.07, 6.45) is 0.943. The summed E-state index contributed by atoms with van der Waals surface area (Å²) in [7, 11) is 0. The lowest BCUT2D eigenvalue weighted by atomic mass is 9.95. The van der Waals surface area contributed by atoms with Crippen molar-refractivity contribution in [1.29, 1.82) is 0 Å². The molecule has 0 radical (unpaired) electrons. The van der Waals surface area contributed by atoms with Gasteiger partial charge in [-0.2, -0.15) is 13.2 Å². The van der Waals surface area contributed by atoms with Gasteiger partial charge in [0.05, 0.1) is 0 Å². The van der Waals surface area contributed by atoms with Crippen LogP contribution in [0, 0.1) is 0 Å². The molecule has 1 aromatic carbocycles. The van der Waals surface area contributed by atoms with Crippen molar-refractivity contribution in [1.82, 2.24) is 4.98 Å². The first-order valence-electron chi connectivity index (χ1n) is 7.93. The Morgan fingerprint density at radius 1 is 0.913 bits per heavy atom. The summed E-state index contributed by atoms with van der Waals surface area (Å²) in [6, 6.07) is 12.1. The van der Waals surface area contributed by atoms with E-state index in [9.17, 15) is 13.2 Å². The predicted molar refractivity (Wildman–Crippen MR) is 85.2 cm³/mol. The summed E-state index contributed by atoms with van der Waals surface area (Å²) in [6.45, 7) is 0. The van der Waals surface area contributed by atoms with Gasteiger partial charge in [0.15, 0.2) is 0 Å². The second kappa shape index (κ2) is 6.60. The number of halogens is 3. The van der Waals surface area contributed by atoms with Gasteiger partial charge in [0.2, 0.25) is 0 Å². The number of anilines is 1. The molecule has 5 heteroatoms. The van der Waals surface area contributed by atoms with E-state index in [0.29, 0.717) is 11.4 Å². The molecule has 0 amide bonds. The third-order valence-corrected chi connectivity index (χ3v) is 4.18. The van der Waals surface area contributed by atoms with Crippen LogP contribution in [0.5, 0.6) is 0 Å². The van der Waals surface area contributed by atoms with Crippen LogP contribution in [-0.4, -0.2) is 11.0 Å². The van der Waals surface area contributed by atoms with Crippen LogP contribution in [0.15, 0.2) is 42.5 Å². The van der Waals surface area contributed by atoms with Crippen LogP contribution in [-0.2, 0) is 6.18 Å². The Balaban J connectivity index is 1.94. The average Bonchev–Trinajstić information content (AvgIpc) is 2.55. The molecular formula is C18H19F3N2. The van der Waals surface area contributed by atoms with Crippen molar-refractivity contribution in [2.24, 2.45) is 0 Å². The largest absolute Gasteiger partial charge is 0.433 e. The molecule has 1 aliphatic rings. The van der Waals surface area contributed by atoms with E-state index in [1.807, 2.05) is 18.2 Å². The lowest BCUT2D eigenvalue weighted by Gasteiger charge is -2.24. The Labute approximate surface area is 133 Å². The van der Waals surface area contributed by atoms with E-state index in [2.05, 4.69) is 10.3 Å². The summed E-state index contributed by atoms with van der Waals surface area (Å²) in [5.74, 6) is 0.311. The Morgan fingerprint density at radius 3 is 2.26 bits per heavy atom. The molecule has 1 aliphatic carbocycles. The monoisotopic (exact) mass is 320 g/mol. The van der Waals surface area contributed by atoms with E-state index in [1.54, 1.807) is 18.2 Å². The van der Waals surface area contributed by atoms with Crippen LogP contribution in [0.3, 0.4) is 0 Å². The summed E-state index contributed by atoms with van der Waals surface area (Å²) in [5.41, 5.74) is 0.440. The molecule has 0 aliphatic heterocycles. The predicted octanol–water partition coefficient (Wildman–Crippen LogP) is 5.51. The minimum Gasteiger partial charge on any atom is -0.367 e. The minimum absolute atomic E-state index is 0.211. The molecule has 2 nitrogen and oxygen atoms in total. The second-order valence-electron chi connectivity index (χ2n) is 5.97. The first-order valence-corrected chi connectivity index (χ1v) is 7.93. The standard InChI is InChI=1S/C18H19F3N2/c19-18(20,21)16-11-14(13-7-3-1-4-8-13)12-17(23-16)22-15-9-5-2-6-10-15/h1,3-4,7-8,11-12,15H,2,5-6,9-10H2,(H,22,23). The SMILES string of the molecule is FC(F)(F)c1cc(-c2ccccc2)cc(NC2CCCCC2)n1. The molecule has 0 bridgehead atoms. The zero-order chi connectivity index (χ0) is 16.3. The number of benzene rings is 1. The third-order valence-electron chi connectivity index (χ3n) is 4.18. The van der Waals surface area contributed by atoms with Gasteiger partial charge in [0.1, 0.15) is 11.5 Å². The van der Waals surface area contributed by atoms with E-state index in [0.717, 1.165) is 37.3 Å². The highest BCUT2D eigenvalue weighted by Crippen LogP contribution is 2.33. The van der Waals surface area contributed by atoms with Gasteiger partial charge in [-0.05, 0) is 36.1 Å². The maximum Gasteiger partial charge on any atom is 0.433 e. The second-order valence-corrected chi connectivity index (χ2v) is 5.97. The highest BCUT2D eigenvalue weighted by atomic mass is 19.4. The molecule has 1 aromatic heterocycles. The normalized spacial score (nSPS) is 16.3. The fourth-order valence-electron chi connectivity index (χ4n) is 3.00. The Kier molecular flexibility index (Phi) is 4.55. The number of nitrogens with one attached hydrogen (secondary N) is 1. The topological polar surface area (TPSA) is 24.9 Å². The highest BCUT2D eigenvalue weighted by Gasteiger charge is 2.33. The van der Waals surface area contributed by atoms with E-state index in [-0.39, 0.29) is 6.04 Å². The smallest absolute Gasteiger partial charge is 0.367 e. The number of aromatic nitrogens is 1. The van der Waals surface area contributed by atoms with Crippen molar-refractivity contribution in [3.63, 3.8) is 0 Å². The first kappa shape index (κ1) is 15.8. The van der Waals surface area contributed by atoms with E-state index in [1.165, 1.54) is 6.42 Å². The molecular weight excluding hydrogens is 301 g/mol. The summed E-state index contributed by atoms with van der Waals surface area (Å²) in [5, 5.41) is 3.19. The number of hydrogen-bond acceptors (Lipinski definition) is 2. The van der Waals surface area contributed by atoms with Crippen LogP contribution in [0.1, 0.15) is 37.8 Å². The van der Waals surface area contributed by atoms with Crippen molar-refractivity contribution >= 4 is 5.82 Å². The van der Waals surface area contributed by atoms with Gasteiger partial charge < -0.3 is 5.32 Å². The van der Waals surface area contributed by atoms with E-state index >= 15 is 0 Å². The lowest BCUT2D eigenvalue weighted by molar-refractivity contribution is -0.141. The number of alkyl halides is 3. The van der Waals surface area contributed by atoms with Crippen molar-refractivity contribution in [2.45, 2.75) is 44.3 Å². The fraction of sp³-hybridized carbons (Fsp3) is 0.389. The van der Waals surface area contributed by atoms with Crippen LogP contribution in [0.4, 0.5) is 19.0 Å². The molecule has 0 spiro atoms. The third kappa shape index (κ3) is 4.03. The van der Waals surface area contributed by atoms with Crippen molar-refractivity contribution in [3.05, 3.63) is 48.2 Å². The molecule has 1 saturated carbocycles. The minimum atomic E-state index is -4.45. The lowest BCUT2D eigenvalue weighted by Crippen LogP contribution is -2.23. The van der Waals surface area contributed by atoms with Crippen LogP contribution in [0.2, 0.25) is 0 Å². The molecule has 122 valence electrons. The summed E-state index contributed by atoms with van der Waals surface area (Å²) in [4.78, 5) is 3.79. The zero-order valence-electron chi connectivity index (χ0n) is 12.7. The molecule has 3 rings (SSSR count). The number of rotatable bonds is 3. The first-order chi connectivity index (χ1) is 11.0. The molecule has 0 unspecified atom stereocenters. The van der Waals surface area contributed by atoms with Crippen LogP contribution in [0.25, 0.3) is 11.1 Å². The van der Waals surface area contributed by atoms with Gasteiger partial charge >= 0.3 is 6.18 Å². The maximum atomic E-state index is 13.2. The van der Waals surface area contributed by atoms with E-state index in [4.69, 9.17) is 0 Å². The van der Waals surface area contributed by atoms with Gasteiger partial charge in [-0.1, -0.05) is 49.6 Å². The molecule has 1 heterocycles. The maximum absolute atomic E-state index is 13.2.